The molecule has 1 aliphatic heterocycles. The fraction of sp³-hybridized carbons (Fsp3) is 0.458. The summed E-state index contributed by atoms with van der Waals surface area (Å²) in [5, 5.41) is 5.45. The molecule has 4 nitrogen and oxygen atoms in total. The Morgan fingerprint density at radius 3 is 2.25 bits per heavy atom. The number of likely N-dealkylation sites (tertiary alicyclic amines) is 1. The molecule has 1 saturated heterocycles. The van der Waals surface area contributed by atoms with Gasteiger partial charge in [-0.2, -0.15) is 0 Å². The van der Waals surface area contributed by atoms with Gasteiger partial charge in [0.05, 0.1) is 13.1 Å². The van der Waals surface area contributed by atoms with E-state index in [4.69, 9.17) is 0 Å². The Morgan fingerprint density at radius 1 is 1.04 bits per heavy atom. The topological polar surface area (TPSA) is 50.1 Å². The van der Waals surface area contributed by atoms with Crippen LogP contribution in [-0.4, -0.2) is 31.6 Å². The number of hydrogen-bond donors (Lipinski definition) is 3. The predicted octanol–water partition coefficient (Wildman–Crippen LogP) is 1.31. The molecule has 4 N–H and O–H groups in total. The van der Waals surface area contributed by atoms with Crippen molar-refractivity contribution >= 4 is 5.91 Å². The van der Waals surface area contributed by atoms with E-state index in [0.29, 0.717) is 24.5 Å². The Morgan fingerprint density at radius 2 is 1.64 bits per heavy atom. The number of piperidine rings is 1. The van der Waals surface area contributed by atoms with Crippen LogP contribution in [0.3, 0.4) is 0 Å². The lowest BCUT2D eigenvalue weighted by molar-refractivity contribution is -0.918. The van der Waals surface area contributed by atoms with E-state index in [2.05, 4.69) is 79.1 Å². The Hall–Kier alpha value is -2.17. The number of amides is 1. The first-order valence-corrected chi connectivity index (χ1v) is 10.7. The van der Waals surface area contributed by atoms with E-state index in [9.17, 15) is 4.79 Å². The third kappa shape index (κ3) is 6.18. The molecule has 2 aromatic rings. The van der Waals surface area contributed by atoms with Gasteiger partial charge in [-0.05, 0) is 0 Å². The molecule has 4 heteroatoms. The van der Waals surface area contributed by atoms with Crippen LogP contribution in [0.25, 0.3) is 0 Å². The zero-order valence-corrected chi connectivity index (χ0v) is 17.2. The number of nitrogens with one attached hydrogen (secondary N) is 2. The van der Waals surface area contributed by atoms with Crippen molar-refractivity contribution in [1.82, 2.24) is 5.32 Å². The van der Waals surface area contributed by atoms with Crippen LogP contribution >= 0.6 is 0 Å². The van der Waals surface area contributed by atoms with Gasteiger partial charge in [-0.15, -0.1) is 0 Å². The van der Waals surface area contributed by atoms with Crippen LogP contribution in [0.4, 0.5) is 0 Å². The van der Waals surface area contributed by atoms with Crippen LogP contribution in [0.2, 0.25) is 0 Å². The molecule has 150 valence electrons. The Balaban J connectivity index is 1.40. The molecule has 1 aliphatic rings. The molecule has 0 radical (unpaired) electrons. The van der Waals surface area contributed by atoms with Crippen LogP contribution in [0.5, 0.6) is 0 Å². The van der Waals surface area contributed by atoms with Crippen LogP contribution < -0.4 is 15.5 Å². The summed E-state index contributed by atoms with van der Waals surface area (Å²) in [5.74, 6) is 0.651. The van der Waals surface area contributed by atoms with Crippen molar-refractivity contribution in [2.45, 2.75) is 45.3 Å². The van der Waals surface area contributed by atoms with Crippen molar-refractivity contribution in [3.63, 3.8) is 0 Å². The lowest BCUT2D eigenvalue weighted by Gasteiger charge is -2.30. The summed E-state index contributed by atoms with van der Waals surface area (Å²) in [6, 6.07) is 21.8. The van der Waals surface area contributed by atoms with E-state index in [1.165, 1.54) is 11.1 Å². The first-order chi connectivity index (χ1) is 13.6. The van der Waals surface area contributed by atoms with Gasteiger partial charge >= 0.3 is 0 Å². The summed E-state index contributed by atoms with van der Waals surface area (Å²) in [4.78, 5) is 14.1. The lowest BCUT2D eigenvalue weighted by atomic mass is 9.96. The van der Waals surface area contributed by atoms with Gasteiger partial charge in [0.25, 0.3) is 5.91 Å². The number of quaternary nitrogens is 2. The molecule has 1 heterocycles. The smallest absolute Gasteiger partial charge is 0.275 e. The maximum Gasteiger partial charge on any atom is 0.275 e. The third-order valence-corrected chi connectivity index (χ3v) is 5.81. The molecule has 0 saturated carbocycles. The van der Waals surface area contributed by atoms with Crippen molar-refractivity contribution in [3.8, 4) is 0 Å². The number of nitrogens with two attached hydrogens (primary N) is 1. The first-order valence-electron chi connectivity index (χ1n) is 10.7. The summed E-state index contributed by atoms with van der Waals surface area (Å²) >= 11 is 0. The Bertz CT molecular complexity index is 709. The normalized spacial score (nSPS) is 20.7. The summed E-state index contributed by atoms with van der Waals surface area (Å²) < 4.78 is 0. The number of carbonyl (C=O) groups excluding carboxylic acids is 1. The van der Waals surface area contributed by atoms with Crippen molar-refractivity contribution in [3.05, 3.63) is 71.8 Å². The minimum atomic E-state index is 0.165. The minimum absolute atomic E-state index is 0.165. The van der Waals surface area contributed by atoms with Crippen LogP contribution in [0.15, 0.2) is 60.7 Å². The van der Waals surface area contributed by atoms with Crippen LogP contribution in [0.1, 0.15) is 43.9 Å². The SMILES string of the molecule is CC(C)[C@H]([NH2+]CC(=O)NC1CC[NH+](Cc2ccccc2)CC1)c1ccccc1. The molecular formula is C24H35N3O+2. The molecule has 28 heavy (non-hydrogen) atoms. The summed E-state index contributed by atoms with van der Waals surface area (Å²) in [6.45, 7) is 8.27. The molecule has 2 aromatic carbocycles. The minimum Gasteiger partial charge on any atom is -0.348 e. The van der Waals surface area contributed by atoms with E-state index in [1.807, 2.05) is 6.07 Å². The van der Waals surface area contributed by atoms with Gasteiger partial charge in [0.1, 0.15) is 12.6 Å². The van der Waals surface area contributed by atoms with E-state index >= 15 is 0 Å². The zero-order valence-electron chi connectivity index (χ0n) is 17.2. The second-order valence-corrected chi connectivity index (χ2v) is 8.37. The Labute approximate surface area is 169 Å². The van der Waals surface area contributed by atoms with Crippen molar-refractivity contribution < 1.29 is 15.0 Å². The van der Waals surface area contributed by atoms with Gasteiger partial charge in [-0.1, -0.05) is 74.5 Å². The largest absolute Gasteiger partial charge is 0.348 e. The quantitative estimate of drug-likeness (QED) is 0.635. The summed E-state index contributed by atoms with van der Waals surface area (Å²) in [7, 11) is 0. The van der Waals surface area contributed by atoms with E-state index < -0.39 is 0 Å². The number of rotatable bonds is 8. The highest BCUT2D eigenvalue weighted by atomic mass is 16.2. The highest BCUT2D eigenvalue weighted by Gasteiger charge is 2.25. The number of benzene rings is 2. The molecule has 1 atom stereocenters. The summed E-state index contributed by atoms with van der Waals surface area (Å²) in [6.07, 6.45) is 2.14. The zero-order chi connectivity index (χ0) is 19.8. The van der Waals surface area contributed by atoms with Crippen LogP contribution in [-0.2, 0) is 11.3 Å². The van der Waals surface area contributed by atoms with Gasteiger partial charge in [-0.3, -0.25) is 4.79 Å². The highest BCUT2D eigenvalue weighted by molar-refractivity contribution is 5.77. The maximum absolute atomic E-state index is 12.5. The highest BCUT2D eigenvalue weighted by Crippen LogP contribution is 2.16. The van der Waals surface area contributed by atoms with Crippen molar-refractivity contribution in [2.24, 2.45) is 5.92 Å². The average Bonchev–Trinajstić information content (AvgIpc) is 2.71. The fourth-order valence-electron chi connectivity index (χ4n) is 4.22. The molecule has 0 spiro atoms. The van der Waals surface area contributed by atoms with Crippen molar-refractivity contribution in [1.29, 1.82) is 0 Å². The maximum atomic E-state index is 12.5. The molecule has 0 aromatic heterocycles. The second kappa shape index (κ2) is 10.4. The predicted molar refractivity (Wildman–Crippen MR) is 113 cm³/mol. The molecule has 0 unspecified atom stereocenters. The number of carbonyl (C=O) groups is 1. The van der Waals surface area contributed by atoms with Crippen LogP contribution in [0, 0.1) is 5.92 Å². The molecule has 1 amide bonds. The molecule has 0 bridgehead atoms. The van der Waals surface area contributed by atoms with Gasteiger partial charge < -0.3 is 15.5 Å². The monoisotopic (exact) mass is 381 g/mol. The average molecular weight is 382 g/mol. The summed E-state index contributed by atoms with van der Waals surface area (Å²) in [5.41, 5.74) is 2.69. The second-order valence-electron chi connectivity index (χ2n) is 8.37. The van der Waals surface area contributed by atoms with E-state index in [1.54, 1.807) is 4.90 Å². The van der Waals surface area contributed by atoms with E-state index in [-0.39, 0.29) is 5.91 Å². The van der Waals surface area contributed by atoms with Gasteiger partial charge in [0.15, 0.2) is 6.54 Å². The molecule has 3 rings (SSSR count). The van der Waals surface area contributed by atoms with Gasteiger partial charge in [-0.25, -0.2) is 0 Å². The van der Waals surface area contributed by atoms with Gasteiger partial charge in [0, 0.05) is 35.9 Å². The first kappa shape index (κ1) is 20.6. The fourth-order valence-corrected chi connectivity index (χ4v) is 4.22. The molecular weight excluding hydrogens is 346 g/mol. The number of hydrogen-bond acceptors (Lipinski definition) is 1. The van der Waals surface area contributed by atoms with E-state index in [0.717, 1.165) is 32.5 Å². The lowest BCUT2D eigenvalue weighted by Crippen LogP contribution is -3.12. The third-order valence-electron chi connectivity index (χ3n) is 5.81. The van der Waals surface area contributed by atoms with Crippen molar-refractivity contribution in [2.75, 3.05) is 19.6 Å². The standard InChI is InChI=1S/C24H33N3O/c1-19(2)24(21-11-7-4-8-12-21)25-17-23(28)26-22-13-15-27(16-14-22)18-20-9-5-3-6-10-20/h3-12,19,22,24-25H,13-18H2,1-2H3,(H,26,28)/p+2/t24-/m0/s1. The Kier molecular flexibility index (Phi) is 7.63. The molecule has 0 aliphatic carbocycles. The van der Waals surface area contributed by atoms with Gasteiger partial charge in [0.2, 0.25) is 0 Å². The molecule has 1 fully saturated rings.